The lowest BCUT2D eigenvalue weighted by Crippen LogP contribution is -2.33. The molecule has 1 aromatic carbocycles. The van der Waals surface area contributed by atoms with Crippen molar-refractivity contribution < 1.29 is 9.59 Å². The van der Waals surface area contributed by atoms with E-state index in [1.165, 1.54) is 0 Å². The zero-order chi connectivity index (χ0) is 14.4. The molecule has 0 saturated carbocycles. The molecule has 1 aromatic rings. The van der Waals surface area contributed by atoms with Crippen LogP contribution in [-0.4, -0.2) is 18.4 Å². The molecular formula is C13H16Cl2N2O2. The van der Waals surface area contributed by atoms with E-state index in [1.54, 1.807) is 18.2 Å². The van der Waals surface area contributed by atoms with Crippen molar-refractivity contribution in [3.63, 3.8) is 0 Å². The molecule has 0 bridgehead atoms. The van der Waals surface area contributed by atoms with Crippen LogP contribution < -0.4 is 10.6 Å². The highest BCUT2D eigenvalue weighted by atomic mass is 35.5. The third-order valence-corrected chi connectivity index (χ3v) is 2.90. The SMILES string of the molecule is CC(C)CC(=O)NCC(=O)Nc1c(Cl)cccc1Cl. The number of benzene rings is 1. The van der Waals surface area contributed by atoms with E-state index < -0.39 is 0 Å². The first-order valence-corrected chi connectivity index (χ1v) is 6.66. The van der Waals surface area contributed by atoms with Gasteiger partial charge in [-0.1, -0.05) is 43.1 Å². The Hall–Kier alpha value is -1.26. The van der Waals surface area contributed by atoms with Gasteiger partial charge in [0.25, 0.3) is 0 Å². The van der Waals surface area contributed by atoms with Crippen molar-refractivity contribution in [2.45, 2.75) is 20.3 Å². The highest BCUT2D eigenvalue weighted by Crippen LogP contribution is 2.29. The van der Waals surface area contributed by atoms with Gasteiger partial charge < -0.3 is 10.6 Å². The fourth-order valence-electron chi connectivity index (χ4n) is 1.42. The molecule has 104 valence electrons. The summed E-state index contributed by atoms with van der Waals surface area (Å²) in [5, 5.41) is 5.82. The molecule has 1 rings (SSSR count). The number of anilines is 1. The molecule has 0 unspecified atom stereocenters. The van der Waals surface area contributed by atoms with Crippen LogP contribution in [0.5, 0.6) is 0 Å². The predicted molar refractivity (Wildman–Crippen MR) is 77.6 cm³/mol. The molecule has 6 heteroatoms. The minimum absolute atomic E-state index is 0.104. The summed E-state index contributed by atoms with van der Waals surface area (Å²) in [6.45, 7) is 3.76. The third kappa shape index (κ3) is 5.49. The van der Waals surface area contributed by atoms with Crippen molar-refractivity contribution >= 4 is 40.7 Å². The number of para-hydroxylation sites is 1. The van der Waals surface area contributed by atoms with Crippen LogP contribution in [0.2, 0.25) is 10.0 Å². The Morgan fingerprint density at radius 1 is 1.16 bits per heavy atom. The molecule has 0 fully saturated rings. The van der Waals surface area contributed by atoms with Crippen LogP contribution in [0.1, 0.15) is 20.3 Å². The Morgan fingerprint density at radius 3 is 2.26 bits per heavy atom. The van der Waals surface area contributed by atoms with E-state index in [1.807, 2.05) is 13.8 Å². The fourth-order valence-corrected chi connectivity index (χ4v) is 1.91. The Labute approximate surface area is 122 Å². The smallest absolute Gasteiger partial charge is 0.243 e. The molecule has 0 atom stereocenters. The molecule has 2 N–H and O–H groups in total. The molecule has 2 amide bonds. The molecule has 0 aliphatic carbocycles. The first kappa shape index (κ1) is 15.8. The van der Waals surface area contributed by atoms with Gasteiger partial charge in [0.05, 0.1) is 22.3 Å². The lowest BCUT2D eigenvalue weighted by molar-refractivity contribution is -0.124. The number of rotatable bonds is 5. The van der Waals surface area contributed by atoms with Crippen LogP contribution in [0.3, 0.4) is 0 Å². The number of nitrogens with one attached hydrogen (secondary N) is 2. The van der Waals surface area contributed by atoms with Gasteiger partial charge in [0.1, 0.15) is 0 Å². The zero-order valence-corrected chi connectivity index (χ0v) is 12.3. The van der Waals surface area contributed by atoms with Crippen molar-refractivity contribution in [3.8, 4) is 0 Å². The summed E-state index contributed by atoms with van der Waals surface area (Å²) in [6.07, 6.45) is 0.389. The van der Waals surface area contributed by atoms with E-state index in [4.69, 9.17) is 23.2 Å². The summed E-state index contributed by atoms with van der Waals surface area (Å²) in [5.74, 6) is -0.274. The highest BCUT2D eigenvalue weighted by molar-refractivity contribution is 6.39. The first-order valence-electron chi connectivity index (χ1n) is 5.90. The van der Waals surface area contributed by atoms with E-state index in [2.05, 4.69) is 10.6 Å². The average molecular weight is 303 g/mol. The summed E-state index contributed by atoms with van der Waals surface area (Å²) < 4.78 is 0. The lowest BCUT2D eigenvalue weighted by Gasteiger charge is -2.10. The van der Waals surface area contributed by atoms with E-state index in [0.717, 1.165) is 0 Å². The van der Waals surface area contributed by atoms with Gasteiger partial charge in [-0.05, 0) is 18.1 Å². The van der Waals surface area contributed by atoms with Crippen LogP contribution in [0.25, 0.3) is 0 Å². The van der Waals surface area contributed by atoms with E-state index in [0.29, 0.717) is 22.2 Å². The molecule has 0 aliphatic heterocycles. The number of hydrogen-bond acceptors (Lipinski definition) is 2. The van der Waals surface area contributed by atoms with Crippen molar-refractivity contribution in [1.29, 1.82) is 0 Å². The second-order valence-electron chi connectivity index (χ2n) is 4.52. The van der Waals surface area contributed by atoms with Crippen molar-refractivity contribution in [2.75, 3.05) is 11.9 Å². The van der Waals surface area contributed by atoms with Gasteiger partial charge >= 0.3 is 0 Å². The average Bonchev–Trinajstić information content (AvgIpc) is 2.30. The van der Waals surface area contributed by atoms with Crippen LogP contribution in [0.15, 0.2) is 18.2 Å². The van der Waals surface area contributed by atoms with E-state index in [-0.39, 0.29) is 24.3 Å². The Kier molecular flexibility index (Phi) is 6.12. The molecule has 0 spiro atoms. The summed E-state index contributed by atoms with van der Waals surface area (Å²) in [5.41, 5.74) is 0.356. The maximum absolute atomic E-state index is 11.7. The number of halogens is 2. The molecule has 4 nitrogen and oxygen atoms in total. The molecule has 0 aromatic heterocycles. The molecular weight excluding hydrogens is 287 g/mol. The largest absolute Gasteiger partial charge is 0.347 e. The number of hydrogen-bond donors (Lipinski definition) is 2. The fraction of sp³-hybridized carbons (Fsp3) is 0.385. The molecule has 0 radical (unpaired) electrons. The van der Waals surface area contributed by atoms with Gasteiger partial charge in [-0.25, -0.2) is 0 Å². The molecule has 0 saturated heterocycles. The summed E-state index contributed by atoms with van der Waals surface area (Å²) in [7, 11) is 0. The number of carbonyl (C=O) groups excluding carboxylic acids is 2. The maximum Gasteiger partial charge on any atom is 0.243 e. The predicted octanol–water partition coefficient (Wildman–Crippen LogP) is 3.09. The van der Waals surface area contributed by atoms with Crippen LogP contribution in [0.4, 0.5) is 5.69 Å². The van der Waals surface area contributed by atoms with Gasteiger partial charge in [-0.15, -0.1) is 0 Å². The van der Waals surface area contributed by atoms with Gasteiger partial charge in [-0.2, -0.15) is 0 Å². The minimum Gasteiger partial charge on any atom is -0.347 e. The van der Waals surface area contributed by atoms with E-state index in [9.17, 15) is 9.59 Å². The van der Waals surface area contributed by atoms with Crippen LogP contribution >= 0.6 is 23.2 Å². The van der Waals surface area contributed by atoms with Crippen LogP contribution in [0, 0.1) is 5.92 Å². The second-order valence-corrected chi connectivity index (χ2v) is 5.33. The topological polar surface area (TPSA) is 58.2 Å². The van der Waals surface area contributed by atoms with Gasteiger partial charge in [0.2, 0.25) is 11.8 Å². The molecule has 0 heterocycles. The number of carbonyl (C=O) groups is 2. The Bertz CT molecular complexity index is 455. The van der Waals surface area contributed by atoms with E-state index >= 15 is 0 Å². The molecule has 0 aliphatic rings. The first-order chi connectivity index (χ1) is 8.90. The number of amides is 2. The van der Waals surface area contributed by atoms with Crippen molar-refractivity contribution in [2.24, 2.45) is 5.92 Å². The van der Waals surface area contributed by atoms with Crippen LogP contribution in [-0.2, 0) is 9.59 Å². The quantitative estimate of drug-likeness (QED) is 0.878. The molecule has 19 heavy (non-hydrogen) atoms. The van der Waals surface area contributed by atoms with Gasteiger partial charge in [-0.3, -0.25) is 9.59 Å². The normalized spacial score (nSPS) is 10.4. The van der Waals surface area contributed by atoms with Crippen molar-refractivity contribution in [3.05, 3.63) is 28.2 Å². The van der Waals surface area contributed by atoms with Gasteiger partial charge in [0.15, 0.2) is 0 Å². The highest BCUT2D eigenvalue weighted by Gasteiger charge is 2.11. The Balaban J connectivity index is 2.50. The maximum atomic E-state index is 11.7. The summed E-state index contributed by atoms with van der Waals surface area (Å²) in [4.78, 5) is 23.1. The standard InChI is InChI=1S/C13H16Cl2N2O2/c1-8(2)6-11(18)16-7-12(19)17-13-9(14)4-3-5-10(13)15/h3-5,8H,6-7H2,1-2H3,(H,16,18)(H,17,19). The minimum atomic E-state index is -0.368. The van der Waals surface area contributed by atoms with Gasteiger partial charge in [0, 0.05) is 6.42 Å². The Morgan fingerprint density at radius 2 is 1.74 bits per heavy atom. The summed E-state index contributed by atoms with van der Waals surface area (Å²) >= 11 is 11.8. The second kappa shape index (κ2) is 7.36. The lowest BCUT2D eigenvalue weighted by atomic mass is 10.1. The van der Waals surface area contributed by atoms with Crippen molar-refractivity contribution in [1.82, 2.24) is 5.32 Å². The summed E-state index contributed by atoms with van der Waals surface area (Å²) in [6, 6.07) is 4.94. The zero-order valence-electron chi connectivity index (χ0n) is 10.8. The monoisotopic (exact) mass is 302 g/mol. The third-order valence-electron chi connectivity index (χ3n) is 2.27.